The number of nitrogens with one attached hydrogen (secondary N) is 1. The fraction of sp³-hybridized carbons (Fsp3) is 0.250. The van der Waals surface area contributed by atoms with Crippen LogP contribution in [0.25, 0.3) is 0 Å². The Bertz CT molecular complexity index is 733. The summed E-state index contributed by atoms with van der Waals surface area (Å²) in [6.45, 7) is 1.10. The number of hydrogen-bond acceptors (Lipinski definition) is 4. The van der Waals surface area contributed by atoms with Gasteiger partial charge in [-0.15, -0.1) is 0 Å². The molecule has 0 atom stereocenters. The summed E-state index contributed by atoms with van der Waals surface area (Å²) in [5.41, 5.74) is 5.78. The van der Waals surface area contributed by atoms with Gasteiger partial charge < -0.3 is 5.73 Å². The number of aryl methyl sites for hydroxylation is 1. The first kappa shape index (κ1) is 16.3. The third-order valence-electron chi connectivity index (χ3n) is 2.71. The normalized spacial score (nSPS) is 11.6. The van der Waals surface area contributed by atoms with Gasteiger partial charge in [-0.2, -0.15) is 5.10 Å². The topological polar surface area (TPSA) is 90.0 Å². The van der Waals surface area contributed by atoms with Crippen LogP contribution in [-0.2, 0) is 16.6 Å². The number of nitrogens with two attached hydrogens (primary N) is 1. The first-order valence-electron chi connectivity index (χ1n) is 6.13. The summed E-state index contributed by atoms with van der Waals surface area (Å²) in [6.07, 6.45) is 3.50. The van der Waals surface area contributed by atoms with E-state index in [0.29, 0.717) is 28.3 Å². The Morgan fingerprint density at radius 1 is 1.43 bits per heavy atom. The van der Waals surface area contributed by atoms with Crippen molar-refractivity contribution in [2.45, 2.75) is 17.9 Å². The van der Waals surface area contributed by atoms with Crippen LogP contribution < -0.4 is 10.5 Å². The van der Waals surface area contributed by atoms with Crippen LogP contribution in [0, 0.1) is 0 Å². The Labute approximate surface area is 136 Å². The maximum absolute atomic E-state index is 12.3. The minimum Gasteiger partial charge on any atom is -0.330 e. The molecule has 9 heteroatoms. The summed E-state index contributed by atoms with van der Waals surface area (Å²) in [6, 6.07) is 4.94. The van der Waals surface area contributed by atoms with E-state index in [-0.39, 0.29) is 4.90 Å². The largest absolute Gasteiger partial charge is 0.330 e. The lowest BCUT2D eigenvalue weighted by molar-refractivity contribution is 0.582. The lowest BCUT2D eigenvalue weighted by atomic mass is 10.3. The maximum atomic E-state index is 12.3. The van der Waals surface area contributed by atoms with Crippen LogP contribution in [0.1, 0.15) is 6.42 Å². The molecule has 1 heterocycles. The number of sulfonamides is 1. The third-order valence-corrected chi connectivity index (χ3v) is 5.42. The van der Waals surface area contributed by atoms with Crippen molar-refractivity contribution in [3.05, 3.63) is 40.1 Å². The molecule has 0 radical (unpaired) electrons. The lowest BCUT2D eigenvalue weighted by Gasteiger charge is -2.09. The zero-order chi connectivity index (χ0) is 15.5. The Balaban J connectivity index is 2.22. The van der Waals surface area contributed by atoms with Crippen molar-refractivity contribution in [3.63, 3.8) is 0 Å². The Kier molecular flexibility index (Phi) is 5.26. The predicted molar refractivity (Wildman–Crippen MR) is 85.9 cm³/mol. The van der Waals surface area contributed by atoms with Gasteiger partial charge in [-0.3, -0.25) is 9.40 Å². The smallest absolute Gasteiger partial charge is 0.265 e. The predicted octanol–water partition coefficient (Wildman–Crippen LogP) is 2.45. The van der Waals surface area contributed by atoms with Crippen molar-refractivity contribution >= 4 is 43.2 Å². The molecule has 0 spiro atoms. The van der Waals surface area contributed by atoms with E-state index in [1.165, 1.54) is 12.4 Å². The van der Waals surface area contributed by atoms with Gasteiger partial charge in [-0.25, -0.2) is 8.42 Å². The Morgan fingerprint density at radius 3 is 2.90 bits per heavy atom. The molecule has 0 amide bonds. The van der Waals surface area contributed by atoms with E-state index >= 15 is 0 Å². The molecule has 21 heavy (non-hydrogen) atoms. The third kappa shape index (κ3) is 3.97. The van der Waals surface area contributed by atoms with Crippen LogP contribution in [0.15, 0.2) is 40.0 Å². The van der Waals surface area contributed by atoms with Crippen molar-refractivity contribution in [2.24, 2.45) is 5.73 Å². The van der Waals surface area contributed by atoms with Gasteiger partial charge in [0.05, 0.1) is 21.4 Å². The number of nitrogens with zero attached hydrogens (tertiary/aromatic N) is 2. The molecule has 0 aliphatic carbocycles. The zero-order valence-corrected chi connectivity index (χ0v) is 14.1. The molecular formula is C12H14BrClN4O2S. The Morgan fingerprint density at radius 2 is 2.19 bits per heavy atom. The van der Waals surface area contributed by atoms with Crippen LogP contribution in [0.3, 0.4) is 0 Å². The molecule has 1 aromatic heterocycles. The van der Waals surface area contributed by atoms with Crippen LogP contribution in [0.2, 0.25) is 5.02 Å². The van der Waals surface area contributed by atoms with Gasteiger partial charge in [-0.05, 0) is 41.0 Å². The highest BCUT2D eigenvalue weighted by atomic mass is 79.9. The minimum absolute atomic E-state index is 0.0893. The van der Waals surface area contributed by atoms with Crippen LogP contribution in [-0.4, -0.2) is 24.7 Å². The molecule has 0 fully saturated rings. The van der Waals surface area contributed by atoms with E-state index in [4.69, 9.17) is 17.3 Å². The molecule has 0 unspecified atom stereocenters. The molecule has 0 aliphatic rings. The zero-order valence-electron chi connectivity index (χ0n) is 11.0. The quantitative estimate of drug-likeness (QED) is 0.789. The molecule has 2 aromatic rings. The molecule has 3 N–H and O–H groups in total. The second kappa shape index (κ2) is 6.78. The summed E-state index contributed by atoms with van der Waals surface area (Å²) >= 11 is 9.19. The maximum Gasteiger partial charge on any atom is 0.265 e. The minimum atomic E-state index is -3.71. The number of benzene rings is 1. The average Bonchev–Trinajstić information content (AvgIpc) is 2.91. The molecule has 6 nitrogen and oxygen atoms in total. The summed E-state index contributed by atoms with van der Waals surface area (Å²) in [4.78, 5) is 0.0893. The van der Waals surface area contributed by atoms with Gasteiger partial charge in [0.1, 0.15) is 4.90 Å². The summed E-state index contributed by atoms with van der Waals surface area (Å²) < 4.78 is 29.1. The standard InChI is InChI=1S/C12H14BrClN4O2S/c13-12-10(14)3-1-4-11(12)17-21(19,20)9-7-16-18(8-9)6-2-5-15/h1,3-4,7-8,17H,2,5-6,15H2. The second-order valence-corrected chi connectivity index (χ2v) is 7.17. The van der Waals surface area contributed by atoms with E-state index in [0.717, 1.165) is 6.42 Å². The number of hydrogen-bond donors (Lipinski definition) is 2. The molecule has 0 bridgehead atoms. The fourth-order valence-electron chi connectivity index (χ4n) is 1.65. The van der Waals surface area contributed by atoms with Crippen molar-refractivity contribution in [3.8, 4) is 0 Å². The number of aromatic nitrogens is 2. The highest BCUT2D eigenvalue weighted by molar-refractivity contribution is 9.10. The molecule has 2 rings (SSSR count). The van der Waals surface area contributed by atoms with Gasteiger partial charge in [0.15, 0.2) is 0 Å². The number of rotatable bonds is 6. The second-order valence-electron chi connectivity index (χ2n) is 4.29. The molecule has 1 aromatic carbocycles. The van der Waals surface area contributed by atoms with E-state index in [1.807, 2.05) is 0 Å². The number of halogens is 2. The van der Waals surface area contributed by atoms with Crippen LogP contribution in [0.5, 0.6) is 0 Å². The van der Waals surface area contributed by atoms with Crippen molar-refractivity contribution in [1.82, 2.24) is 9.78 Å². The van der Waals surface area contributed by atoms with Gasteiger partial charge in [0.2, 0.25) is 0 Å². The summed E-state index contributed by atoms with van der Waals surface area (Å²) in [7, 11) is -3.71. The molecule has 0 aliphatic heterocycles. The number of anilines is 1. The highest BCUT2D eigenvalue weighted by Gasteiger charge is 2.18. The molecule has 0 saturated carbocycles. The SMILES string of the molecule is NCCCn1cc(S(=O)(=O)Nc2cccc(Cl)c2Br)cn1. The molecular weight excluding hydrogens is 380 g/mol. The Hall–Kier alpha value is -1.09. The van der Waals surface area contributed by atoms with Crippen molar-refractivity contribution in [1.29, 1.82) is 0 Å². The van der Waals surface area contributed by atoms with Gasteiger partial charge >= 0.3 is 0 Å². The van der Waals surface area contributed by atoms with E-state index in [1.54, 1.807) is 22.9 Å². The first-order valence-corrected chi connectivity index (χ1v) is 8.79. The average molecular weight is 394 g/mol. The van der Waals surface area contributed by atoms with E-state index < -0.39 is 10.0 Å². The summed E-state index contributed by atoms with van der Waals surface area (Å²) in [5.74, 6) is 0. The fourth-order valence-corrected chi connectivity index (χ4v) is 3.34. The van der Waals surface area contributed by atoms with Crippen LogP contribution in [0.4, 0.5) is 5.69 Å². The monoisotopic (exact) mass is 392 g/mol. The molecule has 0 saturated heterocycles. The highest BCUT2D eigenvalue weighted by Crippen LogP contribution is 2.31. The molecule has 114 valence electrons. The van der Waals surface area contributed by atoms with Gasteiger partial charge in [0, 0.05) is 12.7 Å². The van der Waals surface area contributed by atoms with E-state index in [9.17, 15) is 8.42 Å². The van der Waals surface area contributed by atoms with Crippen LogP contribution >= 0.6 is 27.5 Å². The summed E-state index contributed by atoms with van der Waals surface area (Å²) in [5, 5.41) is 4.43. The van der Waals surface area contributed by atoms with Crippen molar-refractivity contribution in [2.75, 3.05) is 11.3 Å². The van der Waals surface area contributed by atoms with E-state index in [2.05, 4.69) is 25.8 Å². The first-order chi connectivity index (χ1) is 9.94. The lowest BCUT2D eigenvalue weighted by Crippen LogP contribution is -2.13. The van der Waals surface area contributed by atoms with Gasteiger partial charge in [0.25, 0.3) is 10.0 Å². The van der Waals surface area contributed by atoms with Crippen molar-refractivity contribution < 1.29 is 8.42 Å². The van der Waals surface area contributed by atoms with Gasteiger partial charge in [-0.1, -0.05) is 17.7 Å².